The first-order valence-corrected chi connectivity index (χ1v) is 6.83. The van der Waals surface area contributed by atoms with Crippen molar-refractivity contribution in [2.45, 2.75) is 0 Å². The summed E-state index contributed by atoms with van der Waals surface area (Å²) in [7, 11) is 0. The van der Waals surface area contributed by atoms with Gasteiger partial charge < -0.3 is 20.5 Å². The molecule has 0 radical (unpaired) electrons. The number of benzene rings is 1. The number of nitrogens with two attached hydrogens (primary N) is 1. The van der Waals surface area contributed by atoms with Crippen LogP contribution in [-0.4, -0.2) is 61.3 Å². The Balaban J connectivity index is 0.00000242. The maximum atomic E-state index is 10.8. The van der Waals surface area contributed by atoms with Crippen LogP contribution in [0.25, 0.3) is 0 Å². The highest BCUT2D eigenvalue weighted by molar-refractivity contribution is 5.93. The van der Waals surface area contributed by atoms with Crippen molar-refractivity contribution in [2.75, 3.05) is 44.3 Å². The number of carbonyl (C=O) groups is 1. The minimum atomic E-state index is -0.968. The molecule has 0 amide bonds. The smallest absolute Gasteiger partial charge is 0.335 e. The van der Waals surface area contributed by atoms with Crippen molar-refractivity contribution in [3.63, 3.8) is 0 Å². The molecule has 1 aromatic rings. The molecule has 23 heavy (non-hydrogen) atoms. The molecule has 7 nitrogen and oxygen atoms in total. The molecule has 1 aliphatic rings. The number of carboxylic acid groups (broad SMARTS) is 1. The van der Waals surface area contributed by atoms with Gasteiger partial charge in [-0.3, -0.25) is 10.3 Å². The Morgan fingerprint density at radius 2 is 1.83 bits per heavy atom. The van der Waals surface area contributed by atoms with E-state index in [0.29, 0.717) is 6.54 Å². The highest BCUT2D eigenvalue weighted by Gasteiger charge is 2.15. The minimum Gasteiger partial charge on any atom is -0.478 e. The third-order valence-electron chi connectivity index (χ3n) is 3.46. The largest absolute Gasteiger partial charge is 0.478 e. The lowest BCUT2D eigenvalue weighted by Gasteiger charge is -2.30. The third-order valence-corrected chi connectivity index (χ3v) is 3.46. The zero-order valence-corrected chi connectivity index (χ0v) is 14.2. The first-order chi connectivity index (χ1) is 10.1. The molecule has 1 fully saturated rings. The highest BCUT2D eigenvalue weighted by atomic mass is 35.5. The lowest BCUT2D eigenvalue weighted by atomic mass is 10.2. The first kappa shape index (κ1) is 21.5. The van der Waals surface area contributed by atoms with Crippen LogP contribution in [-0.2, 0) is 4.74 Å². The fraction of sp³-hybridized carbons (Fsp3) is 0.429. The van der Waals surface area contributed by atoms with Gasteiger partial charge in [0.05, 0.1) is 18.8 Å². The van der Waals surface area contributed by atoms with Gasteiger partial charge in [0.25, 0.3) is 0 Å². The van der Waals surface area contributed by atoms with E-state index in [1.54, 1.807) is 17.0 Å². The van der Waals surface area contributed by atoms with Crippen molar-refractivity contribution in [1.82, 2.24) is 4.90 Å². The molecule has 0 saturated carbocycles. The van der Waals surface area contributed by atoms with Gasteiger partial charge in [-0.05, 0) is 24.3 Å². The molecule has 2 rings (SSSR count). The number of anilines is 1. The fourth-order valence-electron chi connectivity index (χ4n) is 2.24. The maximum absolute atomic E-state index is 10.8. The summed E-state index contributed by atoms with van der Waals surface area (Å²) in [5, 5.41) is 16.6. The lowest BCUT2D eigenvalue weighted by Crippen LogP contribution is -2.45. The van der Waals surface area contributed by atoms with Crippen molar-refractivity contribution >= 4 is 42.4 Å². The molecule has 0 atom stereocenters. The average molecular weight is 365 g/mol. The highest BCUT2D eigenvalue weighted by Crippen LogP contribution is 2.15. The van der Waals surface area contributed by atoms with E-state index in [9.17, 15) is 4.79 Å². The molecule has 0 aromatic heterocycles. The number of nitrogens with zero attached hydrogens (tertiary/aromatic N) is 2. The summed E-state index contributed by atoms with van der Waals surface area (Å²) in [5.41, 5.74) is 6.57. The van der Waals surface area contributed by atoms with Gasteiger partial charge in [-0.15, -0.1) is 24.8 Å². The maximum Gasteiger partial charge on any atom is 0.335 e. The van der Waals surface area contributed by atoms with Gasteiger partial charge >= 0.3 is 5.97 Å². The van der Waals surface area contributed by atoms with Gasteiger partial charge in [-0.1, -0.05) is 0 Å². The van der Waals surface area contributed by atoms with Crippen molar-refractivity contribution < 1.29 is 14.6 Å². The molecule has 130 valence electrons. The van der Waals surface area contributed by atoms with Crippen LogP contribution in [0.4, 0.5) is 5.69 Å². The normalized spacial score (nSPS) is 14.3. The Morgan fingerprint density at radius 3 is 2.30 bits per heavy atom. The summed E-state index contributed by atoms with van der Waals surface area (Å²) >= 11 is 0. The predicted molar refractivity (Wildman–Crippen MR) is 94.4 cm³/mol. The zero-order valence-electron chi connectivity index (χ0n) is 12.6. The van der Waals surface area contributed by atoms with Crippen molar-refractivity contribution in [1.29, 1.82) is 5.41 Å². The molecule has 1 heterocycles. The van der Waals surface area contributed by atoms with Crippen molar-refractivity contribution in [3.05, 3.63) is 29.8 Å². The van der Waals surface area contributed by atoms with Gasteiger partial charge in [-0.25, -0.2) is 4.79 Å². The number of ether oxygens (including phenoxy) is 1. The van der Waals surface area contributed by atoms with E-state index >= 15 is 0 Å². The van der Waals surface area contributed by atoms with Crippen LogP contribution in [0.1, 0.15) is 10.4 Å². The predicted octanol–water partition coefficient (Wildman–Crippen LogP) is 1.26. The summed E-state index contributed by atoms with van der Waals surface area (Å²) in [4.78, 5) is 14.8. The van der Waals surface area contributed by atoms with Crippen molar-refractivity contribution in [2.24, 2.45) is 5.73 Å². The number of guanidine groups is 1. The van der Waals surface area contributed by atoms with E-state index in [2.05, 4.69) is 4.90 Å². The molecule has 4 N–H and O–H groups in total. The molecule has 0 bridgehead atoms. The number of rotatable bonds is 5. The summed E-state index contributed by atoms with van der Waals surface area (Å²) in [6, 6.07) is 6.37. The topological polar surface area (TPSA) is 103 Å². The Bertz CT molecular complexity index is 507. The number of carboxylic acids is 1. The number of nitrogens with one attached hydrogen (secondary N) is 1. The van der Waals surface area contributed by atoms with E-state index in [-0.39, 0.29) is 36.3 Å². The standard InChI is InChI=1S/C14H20N4O3.2ClH/c15-14(16)18(6-5-17-7-9-21-10-8-17)12-3-1-11(2-4-12)13(19)20;;/h1-4H,5-10H2,(H3,15,16)(H,19,20);2*1H. The molecule has 0 spiro atoms. The molecule has 0 unspecified atom stereocenters. The summed E-state index contributed by atoms with van der Waals surface area (Å²) in [5.74, 6) is -1.02. The number of hydrogen-bond acceptors (Lipinski definition) is 4. The summed E-state index contributed by atoms with van der Waals surface area (Å²) < 4.78 is 5.30. The zero-order chi connectivity index (χ0) is 15.2. The number of halogens is 2. The Kier molecular flexibility index (Phi) is 9.59. The molecule has 1 aromatic carbocycles. The SMILES string of the molecule is Cl.Cl.N=C(N)N(CCN1CCOCC1)c1ccc(C(=O)O)cc1. The first-order valence-electron chi connectivity index (χ1n) is 6.83. The minimum absolute atomic E-state index is 0. The van der Waals surface area contributed by atoms with Crippen LogP contribution in [0.15, 0.2) is 24.3 Å². The molecular weight excluding hydrogens is 343 g/mol. The van der Waals surface area contributed by atoms with Crippen molar-refractivity contribution in [3.8, 4) is 0 Å². The van der Waals surface area contributed by atoms with Gasteiger partial charge in [0.15, 0.2) is 5.96 Å². The van der Waals surface area contributed by atoms with E-state index in [0.717, 1.165) is 38.5 Å². The van der Waals surface area contributed by atoms with E-state index in [1.807, 2.05) is 0 Å². The van der Waals surface area contributed by atoms with Crippen LogP contribution >= 0.6 is 24.8 Å². The fourth-order valence-corrected chi connectivity index (χ4v) is 2.24. The van der Waals surface area contributed by atoms with Gasteiger partial charge in [0.2, 0.25) is 0 Å². The lowest BCUT2D eigenvalue weighted by molar-refractivity contribution is 0.0394. The quantitative estimate of drug-likeness (QED) is 0.536. The second-order valence-electron chi connectivity index (χ2n) is 4.84. The second kappa shape index (κ2) is 10.3. The second-order valence-corrected chi connectivity index (χ2v) is 4.84. The van der Waals surface area contributed by atoms with Gasteiger partial charge in [-0.2, -0.15) is 0 Å². The van der Waals surface area contributed by atoms with Crippen LogP contribution in [0, 0.1) is 5.41 Å². The van der Waals surface area contributed by atoms with E-state index in [1.165, 1.54) is 12.1 Å². The number of morpholine rings is 1. The van der Waals surface area contributed by atoms with E-state index in [4.69, 9.17) is 21.0 Å². The molecule has 9 heteroatoms. The molecule has 1 aliphatic heterocycles. The summed E-state index contributed by atoms with van der Waals surface area (Å²) in [6.07, 6.45) is 0. The monoisotopic (exact) mass is 364 g/mol. The molecular formula is C14H22Cl2N4O3. The van der Waals surface area contributed by atoms with Gasteiger partial charge in [0.1, 0.15) is 0 Å². The van der Waals surface area contributed by atoms with Crippen LogP contribution in [0.2, 0.25) is 0 Å². The van der Waals surface area contributed by atoms with Crippen LogP contribution < -0.4 is 10.6 Å². The third kappa shape index (κ3) is 6.23. The Morgan fingerprint density at radius 1 is 1.26 bits per heavy atom. The van der Waals surface area contributed by atoms with E-state index < -0.39 is 5.97 Å². The van der Waals surface area contributed by atoms with Crippen LogP contribution in [0.3, 0.4) is 0 Å². The Hall–Kier alpha value is -1.54. The average Bonchev–Trinajstić information content (AvgIpc) is 2.48. The molecule has 1 saturated heterocycles. The number of aromatic carboxylic acids is 1. The van der Waals surface area contributed by atoms with Gasteiger partial charge in [0, 0.05) is 31.9 Å². The molecule has 0 aliphatic carbocycles. The number of hydrogen-bond donors (Lipinski definition) is 3. The summed E-state index contributed by atoms with van der Waals surface area (Å²) in [6.45, 7) is 4.58. The Labute approximate surface area is 147 Å². The van der Waals surface area contributed by atoms with Crippen LogP contribution in [0.5, 0.6) is 0 Å².